The van der Waals surface area contributed by atoms with Gasteiger partial charge in [-0.3, -0.25) is 4.79 Å². The lowest BCUT2D eigenvalue weighted by molar-refractivity contribution is -0.128. The number of amides is 1. The SMILES string of the molecule is CCNC(=O)[C@@H](C)OC(=O)c1ccc(C#N)cc1. The smallest absolute Gasteiger partial charge is 0.338 e. The number of nitrogens with zero attached hydrogens (tertiary/aromatic N) is 1. The minimum Gasteiger partial charge on any atom is -0.449 e. The Hall–Kier alpha value is -2.35. The summed E-state index contributed by atoms with van der Waals surface area (Å²) in [5, 5.41) is 11.2. The highest BCUT2D eigenvalue weighted by Gasteiger charge is 2.17. The number of likely N-dealkylation sites (N-methyl/N-ethyl adjacent to an activating group) is 1. The second-order valence-electron chi connectivity index (χ2n) is 3.63. The molecule has 5 heteroatoms. The molecule has 0 aliphatic rings. The van der Waals surface area contributed by atoms with Crippen LogP contribution >= 0.6 is 0 Å². The van der Waals surface area contributed by atoms with Crippen molar-refractivity contribution >= 4 is 11.9 Å². The molecule has 0 radical (unpaired) electrons. The third kappa shape index (κ3) is 3.59. The first-order chi connectivity index (χ1) is 8.58. The van der Waals surface area contributed by atoms with E-state index in [1.54, 1.807) is 6.92 Å². The predicted molar refractivity (Wildman–Crippen MR) is 64.7 cm³/mol. The van der Waals surface area contributed by atoms with Gasteiger partial charge in [0.15, 0.2) is 6.10 Å². The van der Waals surface area contributed by atoms with Gasteiger partial charge in [0.25, 0.3) is 5.91 Å². The highest BCUT2D eigenvalue weighted by atomic mass is 16.5. The zero-order chi connectivity index (χ0) is 13.5. The van der Waals surface area contributed by atoms with Gasteiger partial charge in [0.1, 0.15) is 0 Å². The lowest BCUT2D eigenvalue weighted by atomic mass is 10.1. The average Bonchev–Trinajstić information content (AvgIpc) is 2.39. The maximum atomic E-state index is 11.7. The number of esters is 1. The fraction of sp³-hybridized carbons (Fsp3) is 0.308. The Morgan fingerprint density at radius 1 is 1.39 bits per heavy atom. The van der Waals surface area contributed by atoms with Crippen LogP contribution in [-0.4, -0.2) is 24.5 Å². The van der Waals surface area contributed by atoms with E-state index >= 15 is 0 Å². The first kappa shape index (κ1) is 13.7. The van der Waals surface area contributed by atoms with E-state index in [1.807, 2.05) is 6.07 Å². The number of hydrogen-bond donors (Lipinski definition) is 1. The van der Waals surface area contributed by atoms with Crippen LogP contribution in [0.15, 0.2) is 24.3 Å². The number of hydrogen-bond acceptors (Lipinski definition) is 4. The minimum atomic E-state index is -0.840. The lowest BCUT2D eigenvalue weighted by Crippen LogP contribution is -2.35. The highest BCUT2D eigenvalue weighted by Crippen LogP contribution is 2.06. The van der Waals surface area contributed by atoms with Gasteiger partial charge in [-0.1, -0.05) is 0 Å². The minimum absolute atomic E-state index is 0.310. The van der Waals surface area contributed by atoms with Crippen LogP contribution in [-0.2, 0) is 9.53 Å². The molecule has 0 fully saturated rings. The number of carbonyl (C=O) groups excluding carboxylic acids is 2. The van der Waals surface area contributed by atoms with E-state index in [2.05, 4.69) is 5.32 Å². The Morgan fingerprint density at radius 3 is 2.50 bits per heavy atom. The Morgan fingerprint density at radius 2 is 2.00 bits per heavy atom. The Balaban J connectivity index is 2.65. The summed E-state index contributed by atoms with van der Waals surface area (Å²) in [4.78, 5) is 23.1. The van der Waals surface area contributed by atoms with E-state index in [0.29, 0.717) is 17.7 Å². The second kappa shape index (κ2) is 6.40. The molecule has 0 spiro atoms. The molecule has 0 saturated heterocycles. The maximum Gasteiger partial charge on any atom is 0.338 e. The van der Waals surface area contributed by atoms with Crippen molar-refractivity contribution in [2.45, 2.75) is 20.0 Å². The Kier molecular flexibility index (Phi) is 4.88. The average molecular weight is 246 g/mol. The van der Waals surface area contributed by atoms with Gasteiger partial charge in [-0.2, -0.15) is 5.26 Å². The second-order valence-corrected chi connectivity index (χ2v) is 3.63. The van der Waals surface area contributed by atoms with E-state index < -0.39 is 12.1 Å². The summed E-state index contributed by atoms with van der Waals surface area (Å²) < 4.78 is 4.99. The first-order valence-corrected chi connectivity index (χ1v) is 5.57. The number of benzene rings is 1. The third-order valence-electron chi connectivity index (χ3n) is 2.25. The van der Waals surface area contributed by atoms with Gasteiger partial charge in [-0.05, 0) is 38.1 Å². The van der Waals surface area contributed by atoms with Gasteiger partial charge < -0.3 is 10.1 Å². The zero-order valence-corrected chi connectivity index (χ0v) is 10.3. The Bertz CT molecular complexity index is 474. The molecule has 1 amide bonds. The summed E-state index contributed by atoms with van der Waals surface area (Å²) in [6.07, 6.45) is -0.840. The molecule has 0 aliphatic heterocycles. The molecule has 1 aromatic carbocycles. The van der Waals surface area contributed by atoms with Crippen LogP contribution in [0.1, 0.15) is 29.8 Å². The number of nitrogens with one attached hydrogen (secondary N) is 1. The van der Waals surface area contributed by atoms with Crippen molar-refractivity contribution in [1.29, 1.82) is 5.26 Å². The van der Waals surface area contributed by atoms with Gasteiger partial charge >= 0.3 is 5.97 Å². The largest absolute Gasteiger partial charge is 0.449 e. The molecule has 0 unspecified atom stereocenters. The molecule has 94 valence electrons. The summed E-state index contributed by atoms with van der Waals surface area (Å²) in [5.41, 5.74) is 0.772. The fourth-order valence-corrected chi connectivity index (χ4v) is 1.28. The summed E-state index contributed by atoms with van der Waals surface area (Å²) >= 11 is 0. The summed E-state index contributed by atoms with van der Waals surface area (Å²) in [7, 11) is 0. The topological polar surface area (TPSA) is 79.2 Å². The van der Waals surface area contributed by atoms with Crippen LogP contribution < -0.4 is 5.32 Å². The van der Waals surface area contributed by atoms with Gasteiger partial charge in [-0.25, -0.2) is 4.79 Å². The van der Waals surface area contributed by atoms with E-state index in [9.17, 15) is 9.59 Å². The lowest BCUT2D eigenvalue weighted by Gasteiger charge is -2.12. The van der Waals surface area contributed by atoms with Gasteiger partial charge in [0, 0.05) is 6.54 Å². The van der Waals surface area contributed by atoms with Crippen molar-refractivity contribution < 1.29 is 14.3 Å². The zero-order valence-electron chi connectivity index (χ0n) is 10.3. The molecule has 5 nitrogen and oxygen atoms in total. The summed E-state index contributed by atoms with van der Waals surface area (Å²) in [6.45, 7) is 3.77. The third-order valence-corrected chi connectivity index (χ3v) is 2.25. The van der Waals surface area contributed by atoms with E-state index in [4.69, 9.17) is 10.00 Å². The molecule has 0 bridgehead atoms. The molecule has 1 aromatic rings. The van der Waals surface area contributed by atoms with Crippen LogP contribution in [0.2, 0.25) is 0 Å². The number of carbonyl (C=O) groups is 2. The molecule has 0 saturated carbocycles. The van der Waals surface area contributed by atoms with Gasteiger partial charge in [0.05, 0.1) is 17.2 Å². The van der Waals surface area contributed by atoms with Crippen LogP contribution in [0.3, 0.4) is 0 Å². The maximum absolute atomic E-state index is 11.7. The van der Waals surface area contributed by atoms with Crippen molar-refractivity contribution in [3.63, 3.8) is 0 Å². The number of ether oxygens (including phenoxy) is 1. The van der Waals surface area contributed by atoms with Crippen LogP contribution in [0.4, 0.5) is 0 Å². The number of rotatable bonds is 4. The molecule has 0 heterocycles. The van der Waals surface area contributed by atoms with Crippen molar-refractivity contribution in [3.8, 4) is 6.07 Å². The normalized spacial score (nSPS) is 11.2. The van der Waals surface area contributed by atoms with Crippen LogP contribution in [0.25, 0.3) is 0 Å². The molecule has 1 rings (SSSR count). The van der Waals surface area contributed by atoms with E-state index in [-0.39, 0.29) is 5.91 Å². The molecule has 18 heavy (non-hydrogen) atoms. The molecule has 0 aromatic heterocycles. The van der Waals surface area contributed by atoms with Gasteiger partial charge in [0.2, 0.25) is 0 Å². The highest BCUT2D eigenvalue weighted by molar-refractivity contribution is 5.92. The molecule has 0 aliphatic carbocycles. The molecule has 1 atom stereocenters. The van der Waals surface area contributed by atoms with Crippen LogP contribution in [0.5, 0.6) is 0 Å². The summed E-state index contributed by atoms with van der Waals surface area (Å²) in [6, 6.07) is 7.98. The van der Waals surface area contributed by atoms with Crippen LogP contribution in [0, 0.1) is 11.3 Å². The van der Waals surface area contributed by atoms with Crippen molar-refractivity contribution in [2.24, 2.45) is 0 Å². The van der Waals surface area contributed by atoms with E-state index in [0.717, 1.165) is 0 Å². The predicted octanol–water partition coefficient (Wildman–Crippen LogP) is 1.24. The Labute approximate surface area is 105 Å². The molecular weight excluding hydrogens is 232 g/mol. The quantitative estimate of drug-likeness (QED) is 0.810. The van der Waals surface area contributed by atoms with E-state index in [1.165, 1.54) is 31.2 Å². The van der Waals surface area contributed by atoms with Crippen molar-refractivity contribution in [1.82, 2.24) is 5.32 Å². The van der Waals surface area contributed by atoms with Crippen molar-refractivity contribution in [3.05, 3.63) is 35.4 Å². The monoisotopic (exact) mass is 246 g/mol. The van der Waals surface area contributed by atoms with Crippen molar-refractivity contribution in [2.75, 3.05) is 6.54 Å². The fourth-order valence-electron chi connectivity index (χ4n) is 1.28. The summed E-state index contributed by atoms with van der Waals surface area (Å²) in [5.74, 6) is -0.919. The molecule has 1 N–H and O–H groups in total. The molecular formula is C13H14N2O3. The standard InChI is InChI=1S/C13H14N2O3/c1-3-15-12(16)9(2)18-13(17)11-6-4-10(8-14)5-7-11/h4-7,9H,3H2,1-2H3,(H,15,16)/t9-/m1/s1. The first-order valence-electron chi connectivity index (χ1n) is 5.57. The number of nitriles is 1. The van der Waals surface area contributed by atoms with Gasteiger partial charge in [-0.15, -0.1) is 0 Å².